The lowest BCUT2D eigenvalue weighted by atomic mass is 9.99. The number of thiophene rings is 1. The summed E-state index contributed by atoms with van der Waals surface area (Å²) >= 11 is 4.47. The Bertz CT molecular complexity index is 972. The molecule has 1 atom stereocenters. The van der Waals surface area contributed by atoms with Crippen molar-refractivity contribution in [1.29, 1.82) is 0 Å². The molecule has 1 amide bonds. The summed E-state index contributed by atoms with van der Waals surface area (Å²) in [5.74, 6) is -1.32. The number of hydrogen-bond acceptors (Lipinski definition) is 6. The Kier molecular flexibility index (Phi) is 6.54. The summed E-state index contributed by atoms with van der Waals surface area (Å²) in [5, 5.41) is 4.43. The summed E-state index contributed by atoms with van der Waals surface area (Å²) in [7, 11) is -2.39. The van der Waals surface area contributed by atoms with Gasteiger partial charge in [-0.1, -0.05) is 15.9 Å². The molecule has 1 fully saturated rings. The van der Waals surface area contributed by atoms with Crippen molar-refractivity contribution in [3.63, 3.8) is 0 Å². The zero-order chi connectivity index (χ0) is 20.3. The zero-order valence-electron chi connectivity index (χ0n) is 15.1. The van der Waals surface area contributed by atoms with Crippen molar-refractivity contribution < 1.29 is 22.7 Å². The van der Waals surface area contributed by atoms with Crippen LogP contribution in [0.5, 0.6) is 0 Å². The number of piperidine rings is 1. The number of nitrogens with one attached hydrogen (secondary N) is 1. The average Bonchev–Trinajstić information content (AvgIpc) is 3.16. The van der Waals surface area contributed by atoms with Crippen LogP contribution in [0.4, 0.5) is 5.69 Å². The number of hydrogen-bond donors (Lipinski definition) is 1. The number of carbonyl (C=O) groups excluding carboxylic acids is 2. The van der Waals surface area contributed by atoms with Gasteiger partial charge in [0.05, 0.1) is 23.6 Å². The van der Waals surface area contributed by atoms with Crippen molar-refractivity contribution >= 4 is 54.9 Å². The van der Waals surface area contributed by atoms with Gasteiger partial charge in [0.25, 0.3) is 0 Å². The van der Waals surface area contributed by atoms with Crippen molar-refractivity contribution in [3.8, 4) is 0 Å². The number of methoxy groups -OCH3 is 1. The molecule has 2 aromatic rings. The number of sulfonamides is 1. The third-order valence-corrected chi connectivity index (χ3v) is 7.80. The van der Waals surface area contributed by atoms with E-state index in [0.29, 0.717) is 30.0 Å². The molecule has 150 valence electrons. The van der Waals surface area contributed by atoms with E-state index in [1.807, 2.05) is 0 Å². The Labute approximate surface area is 175 Å². The molecule has 3 rings (SSSR count). The van der Waals surface area contributed by atoms with E-state index in [0.717, 1.165) is 4.47 Å². The van der Waals surface area contributed by atoms with Crippen molar-refractivity contribution in [3.05, 3.63) is 45.1 Å². The standard InChI is InChI=1S/C18H19BrN2O5S2/c1-26-18(23)16-15(8-10-27-16)20-17(22)12-3-2-9-21(11-12)28(24,25)14-6-4-13(19)5-7-14/h4-8,10,12H,2-3,9,11H2,1H3,(H,20,22)/t12-/m1/s1. The number of nitrogens with zero attached hydrogens (tertiary/aromatic N) is 1. The lowest BCUT2D eigenvalue weighted by Crippen LogP contribution is -2.43. The number of amides is 1. The Hall–Kier alpha value is -1.75. The highest BCUT2D eigenvalue weighted by Crippen LogP contribution is 2.28. The fraction of sp³-hybridized carbons (Fsp3) is 0.333. The number of esters is 1. The van der Waals surface area contributed by atoms with E-state index in [2.05, 4.69) is 21.2 Å². The van der Waals surface area contributed by atoms with Crippen LogP contribution in [0.15, 0.2) is 45.1 Å². The minimum atomic E-state index is -3.67. The van der Waals surface area contributed by atoms with Gasteiger partial charge in [0.2, 0.25) is 15.9 Å². The molecule has 28 heavy (non-hydrogen) atoms. The van der Waals surface area contributed by atoms with Gasteiger partial charge >= 0.3 is 5.97 Å². The summed E-state index contributed by atoms with van der Waals surface area (Å²) in [6.45, 7) is 0.468. The van der Waals surface area contributed by atoms with Gasteiger partial charge in [-0.2, -0.15) is 4.31 Å². The summed E-state index contributed by atoms with van der Waals surface area (Å²) in [6.07, 6.45) is 1.16. The Balaban J connectivity index is 1.72. The normalized spacial score (nSPS) is 17.9. The largest absolute Gasteiger partial charge is 0.465 e. The highest BCUT2D eigenvalue weighted by atomic mass is 79.9. The fourth-order valence-corrected chi connectivity index (χ4v) is 5.58. The van der Waals surface area contributed by atoms with E-state index in [4.69, 9.17) is 4.74 Å². The topological polar surface area (TPSA) is 92.8 Å². The Morgan fingerprint density at radius 3 is 2.64 bits per heavy atom. The molecular formula is C18H19BrN2O5S2. The van der Waals surface area contributed by atoms with E-state index < -0.39 is 21.9 Å². The van der Waals surface area contributed by atoms with E-state index >= 15 is 0 Å². The molecule has 1 aromatic heterocycles. The first-order valence-electron chi connectivity index (χ1n) is 8.55. The maximum Gasteiger partial charge on any atom is 0.350 e. The van der Waals surface area contributed by atoms with E-state index in [9.17, 15) is 18.0 Å². The molecule has 0 aliphatic carbocycles. The minimum Gasteiger partial charge on any atom is -0.465 e. The van der Waals surface area contributed by atoms with Crippen LogP contribution in [0.3, 0.4) is 0 Å². The number of ether oxygens (including phenoxy) is 1. The summed E-state index contributed by atoms with van der Waals surface area (Å²) in [5.41, 5.74) is 0.384. The second kappa shape index (κ2) is 8.73. The second-order valence-corrected chi connectivity index (χ2v) is 10.1. The Morgan fingerprint density at radius 1 is 1.25 bits per heavy atom. The molecular weight excluding hydrogens is 468 g/mol. The quantitative estimate of drug-likeness (QED) is 0.654. The number of benzene rings is 1. The smallest absolute Gasteiger partial charge is 0.350 e. The first-order valence-corrected chi connectivity index (χ1v) is 11.7. The van der Waals surface area contributed by atoms with Crippen LogP contribution in [0.2, 0.25) is 0 Å². The molecule has 2 heterocycles. The monoisotopic (exact) mass is 486 g/mol. The summed E-state index contributed by atoms with van der Waals surface area (Å²) < 4.78 is 32.6. The van der Waals surface area contributed by atoms with Crippen LogP contribution in [-0.4, -0.2) is 44.8 Å². The lowest BCUT2D eigenvalue weighted by Gasteiger charge is -2.31. The van der Waals surface area contributed by atoms with Crippen molar-refractivity contribution in [2.45, 2.75) is 17.7 Å². The van der Waals surface area contributed by atoms with Crippen molar-refractivity contribution in [1.82, 2.24) is 4.31 Å². The van der Waals surface area contributed by atoms with Gasteiger partial charge in [0.1, 0.15) is 4.88 Å². The molecule has 0 radical (unpaired) electrons. The number of carbonyl (C=O) groups is 2. The first kappa shape index (κ1) is 21.0. The molecule has 0 bridgehead atoms. The summed E-state index contributed by atoms with van der Waals surface area (Å²) in [4.78, 5) is 25.0. The molecule has 0 spiro atoms. The Morgan fingerprint density at radius 2 is 1.96 bits per heavy atom. The van der Waals surface area contributed by atoms with Crippen LogP contribution in [-0.2, 0) is 19.6 Å². The SMILES string of the molecule is COC(=O)c1sccc1NC(=O)[C@@H]1CCCN(S(=O)(=O)c2ccc(Br)cc2)C1. The molecule has 0 saturated carbocycles. The van der Waals surface area contributed by atoms with Gasteiger partial charge in [0.15, 0.2) is 0 Å². The van der Waals surface area contributed by atoms with Gasteiger partial charge in [-0.15, -0.1) is 11.3 Å². The maximum absolute atomic E-state index is 12.9. The van der Waals surface area contributed by atoms with Crippen molar-refractivity contribution in [2.24, 2.45) is 5.92 Å². The molecule has 1 aliphatic rings. The molecule has 10 heteroatoms. The molecule has 0 unspecified atom stereocenters. The molecule has 1 N–H and O–H groups in total. The first-order chi connectivity index (χ1) is 13.3. The van der Waals surface area contributed by atoms with Gasteiger partial charge in [-0.25, -0.2) is 13.2 Å². The lowest BCUT2D eigenvalue weighted by molar-refractivity contribution is -0.120. The van der Waals surface area contributed by atoms with E-state index in [1.165, 1.54) is 34.9 Å². The molecule has 1 saturated heterocycles. The second-order valence-electron chi connectivity index (χ2n) is 6.30. The fourth-order valence-electron chi connectivity index (χ4n) is 3.02. The third-order valence-electron chi connectivity index (χ3n) is 4.50. The van der Waals surface area contributed by atoms with Gasteiger partial charge < -0.3 is 10.1 Å². The van der Waals surface area contributed by atoms with E-state index in [1.54, 1.807) is 23.6 Å². The van der Waals surface area contributed by atoms with Crippen molar-refractivity contribution in [2.75, 3.05) is 25.5 Å². The van der Waals surface area contributed by atoms with Crippen LogP contribution in [0.1, 0.15) is 22.5 Å². The van der Waals surface area contributed by atoms with Crippen LogP contribution in [0.25, 0.3) is 0 Å². The molecule has 1 aliphatic heterocycles. The highest BCUT2D eigenvalue weighted by molar-refractivity contribution is 9.10. The maximum atomic E-state index is 12.9. The number of halogens is 1. The average molecular weight is 487 g/mol. The zero-order valence-corrected chi connectivity index (χ0v) is 18.3. The van der Waals surface area contributed by atoms with Crippen LogP contribution < -0.4 is 5.32 Å². The van der Waals surface area contributed by atoms with Gasteiger partial charge in [0, 0.05) is 17.6 Å². The van der Waals surface area contributed by atoms with E-state index in [-0.39, 0.29) is 17.3 Å². The molecule has 7 nitrogen and oxygen atoms in total. The molecule has 1 aromatic carbocycles. The highest BCUT2D eigenvalue weighted by Gasteiger charge is 2.33. The van der Waals surface area contributed by atoms with Gasteiger partial charge in [-0.05, 0) is 48.6 Å². The van der Waals surface area contributed by atoms with Crippen LogP contribution >= 0.6 is 27.3 Å². The summed E-state index contributed by atoms with van der Waals surface area (Å²) in [6, 6.07) is 8.06. The van der Waals surface area contributed by atoms with Crippen LogP contribution in [0, 0.1) is 5.92 Å². The predicted octanol–water partition coefficient (Wildman–Crippen LogP) is 3.34. The van der Waals surface area contributed by atoms with Gasteiger partial charge in [-0.3, -0.25) is 4.79 Å². The third kappa shape index (κ3) is 4.45. The predicted molar refractivity (Wildman–Crippen MR) is 110 cm³/mol. The minimum absolute atomic E-state index is 0.0991. The number of anilines is 1. The number of rotatable bonds is 5.